The summed E-state index contributed by atoms with van der Waals surface area (Å²) in [6.45, 7) is 1.83. The first-order chi connectivity index (χ1) is 11.4. The van der Waals surface area contributed by atoms with Crippen LogP contribution in [0.1, 0.15) is 22.7 Å². The molecule has 0 fully saturated rings. The van der Waals surface area contributed by atoms with Crippen LogP contribution in [0.25, 0.3) is 5.52 Å². The van der Waals surface area contributed by atoms with Crippen molar-refractivity contribution in [1.29, 1.82) is 0 Å². The quantitative estimate of drug-likeness (QED) is 0.681. The van der Waals surface area contributed by atoms with Crippen molar-refractivity contribution in [2.45, 2.75) is 19.0 Å². The lowest BCUT2D eigenvalue weighted by Gasteiger charge is -2.19. The van der Waals surface area contributed by atoms with E-state index < -0.39 is 0 Å². The monoisotopic (exact) mass is 309 g/mol. The molecule has 3 N–H and O–H groups in total. The Morgan fingerprint density at radius 1 is 1.30 bits per heavy atom. The van der Waals surface area contributed by atoms with E-state index in [-0.39, 0.29) is 12.6 Å². The molecule has 23 heavy (non-hydrogen) atoms. The normalized spacial score (nSPS) is 15.3. The van der Waals surface area contributed by atoms with Gasteiger partial charge in [0, 0.05) is 12.7 Å². The Morgan fingerprint density at radius 3 is 3.00 bits per heavy atom. The van der Waals surface area contributed by atoms with Crippen molar-refractivity contribution in [3.05, 3.63) is 59.5 Å². The van der Waals surface area contributed by atoms with Gasteiger partial charge in [-0.15, -0.1) is 0 Å². The number of nitrogens with zero attached hydrogens (tertiary/aromatic N) is 3. The molecule has 3 heterocycles. The molecule has 0 saturated carbocycles. The Bertz CT molecular complexity index is 814. The number of aliphatic hydroxyl groups excluding tert-OH is 1. The van der Waals surface area contributed by atoms with Crippen molar-refractivity contribution in [1.82, 2.24) is 19.9 Å². The average Bonchev–Trinajstić information content (AvgIpc) is 2.99. The third-order valence-electron chi connectivity index (χ3n) is 4.33. The molecule has 0 spiro atoms. The predicted molar refractivity (Wildman–Crippen MR) is 88.3 cm³/mol. The van der Waals surface area contributed by atoms with Crippen molar-refractivity contribution < 1.29 is 5.11 Å². The molecule has 2 aromatic heterocycles. The number of nitrogens with one attached hydrogen (secondary N) is 2. The lowest BCUT2D eigenvalue weighted by Crippen LogP contribution is -2.22. The lowest BCUT2D eigenvalue weighted by molar-refractivity contribution is 0.276. The van der Waals surface area contributed by atoms with Gasteiger partial charge in [-0.05, 0) is 29.7 Å². The maximum Gasteiger partial charge on any atom is 0.154 e. The minimum atomic E-state index is -0.192. The van der Waals surface area contributed by atoms with Crippen molar-refractivity contribution in [3.8, 4) is 0 Å². The zero-order chi connectivity index (χ0) is 15.6. The zero-order valence-corrected chi connectivity index (χ0v) is 12.7. The van der Waals surface area contributed by atoms with Crippen molar-refractivity contribution in [2.24, 2.45) is 0 Å². The molecule has 6 nitrogen and oxygen atoms in total. The average molecular weight is 309 g/mol. The summed E-state index contributed by atoms with van der Waals surface area (Å²) in [4.78, 5) is 4.43. The van der Waals surface area contributed by atoms with E-state index >= 15 is 0 Å². The second-order valence-electron chi connectivity index (χ2n) is 5.75. The molecule has 1 aliphatic rings. The van der Waals surface area contributed by atoms with Crippen LogP contribution in [0.15, 0.2) is 42.9 Å². The van der Waals surface area contributed by atoms with Crippen LogP contribution in [0, 0.1) is 0 Å². The Balaban J connectivity index is 1.75. The highest BCUT2D eigenvalue weighted by molar-refractivity contribution is 5.74. The third kappa shape index (κ3) is 2.56. The molecular weight excluding hydrogens is 290 g/mol. The zero-order valence-electron chi connectivity index (χ0n) is 12.7. The van der Waals surface area contributed by atoms with Crippen molar-refractivity contribution >= 4 is 11.3 Å². The summed E-state index contributed by atoms with van der Waals surface area (Å²) in [7, 11) is 0. The highest BCUT2D eigenvalue weighted by atomic mass is 16.3. The molecule has 1 unspecified atom stereocenters. The van der Waals surface area contributed by atoms with Crippen LogP contribution in [0.2, 0.25) is 0 Å². The maximum atomic E-state index is 9.78. The molecule has 1 atom stereocenters. The van der Waals surface area contributed by atoms with Crippen LogP contribution in [-0.4, -0.2) is 32.9 Å². The number of hydrogen-bond donors (Lipinski definition) is 3. The summed E-state index contributed by atoms with van der Waals surface area (Å²) in [5.41, 5.74) is 4.60. The minimum Gasteiger partial charge on any atom is -0.394 e. The van der Waals surface area contributed by atoms with Gasteiger partial charge in [0.25, 0.3) is 0 Å². The third-order valence-corrected chi connectivity index (χ3v) is 4.33. The fourth-order valence-corrected chi connectivity index (χ4v) is 3.18. The number of benzene rings is 1. The first-order valence-corrected chi connectivity index (χ1v) is 7.84. The van der Waals surface area contributed by atoms with E-state index in [2.05, 4.69) is 26.9 Å². The van der Waals surface area contributed by atoms with Crippen LogP contribution >= 0.6 is 0 Å². The SMILES string of the molecule is OCC(Nc1ncnn2cc3c(c12)CCNC3)c1ccccc1. The molecule has 0 radical (unpaired) electrons. The van der Waals surface area contributed by atoms with Crippen LogP contribution in [0.4, 0.5) is 5.82 Å². The summed E-state index contributed by atoms with van der Waals surface area (Å²) in [6, 6.07) is 9.73. The number of anilines is 1. The van der Waals surface area contributed by atoms with Gasteiger partial charge >= 0.3 is 0 Å². The topological polar surface area (TPSA) is 74.5 Å². The van der Waals surface area contributed by atoms with Gasteiger partial charge in [0.2, 0.25) is 0 Å². The van der Waals surface area contributed by atoms with Crippen LogP contribution in [-0.2, 0) is 13.0 Å². The second-order valence-corrected chi connectivity index (χ2v) is 5.75. The first-order valence-electron chi connectivity index (χ1n) is 7.84. The Hall–Kier alpha value is -2.44. The molecule has 6 heteroatoms. The Labute approximate surface area is 134 Å². The molecule has 0 aliphatic carbocycles. The molecule has 1 aliphatic heterocycles. The number of aliphatic hydroxyl groups is 1. The number of fused-ring (bicyclic) bond motifs is 3. The molecule has 0 bridgehead atoms. The van der Waals surface area contributed by atoms with E-state index in [9.17, 15) is 5.11 Å². The van der Waals surface area contributed by atoms with E-state index in [1.165, 1.54) is 11.1 Å². The van der Waals surface area contributed by atoms with Crippen molar-refractivity contribution in [3.63, 3.8) is 0 Å². The van der Waals surface area contributed by atoms with E-state index in [1.807, 2.05) is 34.8 Å². The lowest BCUT2D eigenvalue weighted by atomic mass is 10.0. The van der Waals surface area contributed by atoms with Crippen LogP contribution in [0.3, 0.4) is 0 Å². The van der Waals surface area contributed by atoms with Gasteiger partial charge in [-0.3, -0.25) is 0 Å². The highest BCUT2D eigenvalue weighted by Crippen LogP contribution is 2.28. The van der Waals surface area contributed by atoms with E-state index in [0.29, 0.717) is 0 Å². The largest absolute Gasteiger partial charge is 0.394 e. The fraction of sp³-hybridized carbons (Fsp3) is 0.294. The molecule has 118 valence electrons. The Kier molecular flexibility index (Phi) is 3.69. The molecule has 1 aromatic carbocycles. The van der Waals surface area contributed by atoms with Gasteiger partial charge in [0.15, 0.2) is 5.82 Å². The van der Waals surface area contributed by atoms with Gasteiger partial charge < -0.3 is 15.7 Å². The van der Waals surface area contributed by atoms with Crippen LogP contribution in [0.5, 0.6) is 0 Å². The van der Waals surface area contributed by atoms with Crippen molar-refractivity contribution in [2.75, 3.05) is 18.5 Å². The van der Waals surface area contributed by atoms with Gasteiger partial charge in [-0.2, -0.15) is 5.10 Å². The standard InChI is InChI=1S/C17H19N5O/c23-10-15(12-4-2-1-3-5-12)21-17-16-14-6-7-18-8-13(14)9-22(16)20-11-19-17/h1-5,9,11,15,18,23H,6-8,10H2,(H,19,20,21). The number of hydrogen-bond acceptors (Lipinski definition) is 5. The maximum absolute atomic E-state index is 9.78. The number of rotatable bonds is 4. The van der Waals surface area contributed by atoms with Gasteiger partial charge in [-0.25, -0.2) is 9.50 Å². The highest BCUT2D eigenvalue weighted by Gasteiger charge is 2.20. The van der Waals surface area contributed by atoms with Gasteiger partial charge in [0.1, 0.15) is 11.8 Å². The summed E-state index contributed by atoms with van der Waals surface area (Å²) in [5.74, 6) is 0.769. The second kappa shape index (κ2) is 5.98. The molecular formula is C17H19N5O. The first kappa shape index (κ1) is 14.2. The van der Waals surface area contributed by atoms with E-state index in [1.54, 1.807) is 6.33 Å². The summed E-state index contributed by atoms with van der Waals surface area (Å²) < 4.78 is 1.88. The minimum absolute atomic E-state index is 0.00459. The predicted octanol–water partition coefficient (Wildman–Crippen LogP) is 1.52. The van der Waals surface area contributed by atoms with E-state index in [4.69, 9.17) is 0 Å². The molecule has 0 amide bonds. The van der Waals surface area contributed by atoms with E-state index in [0.717, 1.165) is 36.4 Å². The Morgan fingerprint density at radius 2 is 2.17 bits per heavy atom. The van der Waals surface area contributed by atoms with Gasteiger partial charge in [0.05, 0.1) is 12.6 Å². The summed E-state index contributed by atoms with van der Waals surface area (Å²) >= 11 is 0. The van der Waals surface area contributed by atoms with Gasteiger partial charge in [-0.1, -0.05) is 30.3 Å². The molecule has 3 aromatic rings. The summed E-state index contributed by atoms with van der Waals surface area (Å²) in [6.07, 6.45) is 4.57. The fourth-order valence-electron chi connectivity index (χ4n) is 3.18. The van der Waals surface area contributed by atoms with Crippen LogP contribution < -0.4 is 10.6 Å². The number of aromatic nitrogens is 3. The summed E-state index contributed by atoms with van der Waals surface area (Å²) in [5, 5.41) is 20.9. The molecule has 0 saturated heterocycles. The smallest absolute Gasteiger partial charge is 0.154 e. The molecule has 4 rings (SSSR count).